The van der Waals surface area contributed by atoms with Gasteiger partial charge in [0, 0.05) is 16.1 Å². The number of nitrogens with zero attached hydrogens (tertiary/aromatic N) is 1. The molecule has 2 aromatic rings. The van der Waals surface area contributed by atoms with E-state index in [2.05, 4.69) is 9.17 Å². The van der Waals surface area contributed by atoms with E-state index in [0.717, 1.165) is 0 Å². The normalized spacial score (nSPS) is 17.0. The van der Waals surface area contributed by atoms with Crippen LogP contribution in [0.4, 0.5) is 0 Å². The van der Waals surface area contributed by atoms with Gasteiger partial charge in [-0.05, 0) is 19.0 Å². The Morgan fingerprint density at radius 1 is 1.42 bits per heavy atom. The van der Waals surface area contributed by atoms with Gasteiger partial charge < -0.3 is 4.42 Å². The van der Waals surface area contributed by atoms with Gasteiger partial charge in [0.05, 0.1) is 21.3 Å². The lowest BCUT2D eigenvalue weighted by Gasteiger charge is -1.98. The summed E-state index contributed by atoms with van der Waals surface area (Å²) < 4.78 is 69.7. The second-order valence-electron chi connectivity index (χ2n) is 3.77. The summed E-state index contributed by atoms with van der Waals surface area (Å²) in [6.45, 7) is -5.32. The Morgan fingerprint density at radius 3 is 2.79 bits per heavy atom. The summed E-state index contributed by atoms with van der Waals surface area (Å²) in [6.07, 6.45) is 0.0117. The molecule has 5 nitrogen and oxygen atoms in total. The van der Waals surface area contributed by atoms with Crippen LogP contribution in [0.25, 0.3) is 11.5 Å². The summed E-state index contributed by atoms with van der Waals surface area (Å²) >= 11 is 0. The lowest BCUT2D eigenvalue weighted by atomic mass is 10.2. The molecule has 0 saturated heterocycles. The predicted octanol–water partition coefficient (Wildman–Crippen LogP) is 2.17. The van der Waals surface area contributed by atoms with Crippen molar-refractivity contribution in [1.82, 2.24) is 4.98 Å². The zero-order valence-corrected chi connectivity index (χ0v) is 10.9. The maximum atomic E-state index is 11.1. The SMILES string of the molecule is [2H]C([2H])(Cc1nc(-c2ccccc2)oc1C([2H])([2H])[2H])OS(C)(=O)=O. The Morgan fingerprint density at radius 2 is 2.16 bits per heavy atom. The fourth-order valence-corrected chi connectivity index (χ4v) is 1.65. The van der Waals surface area contributed by atoms with Crippen LogP contribution in [0.5, 0.6) is 0 Å². The van der Waals surface area contributed by atoms with Crippen LogP contribution in [0.3, 0.4) is 0 Å². The Hall–Kier alpha value is -1.66. The van der Waals surface area contributed by atoms with Crippen LogP contribution in [0, 0.1) is 6.85 Å². The summed E-state index contributed by atoms with van der Waals surface area (Å²) in [6, 6.07) is 8.48. The standard InChI is InChI=1S/C13H15NO4S/c1-10-12(8-9-17-19(2,15)16)14-13(18-10)11-6-4-3-5-7-11/h3-7H,8-9H2,1-2H3/i1D3,9D2. The number of rotatable bonds is 5. The van der Waals surface area contributed by atoms with Crippen LogP contribution >= 0.6 is 0 Å². The smallest absolute Gasteiger partial charge is 0.264 e. The highest BCUT2D eigenvalue weighted by Gasteiger charge is 2.12. The molecule has 2 rings (SSSR count). The molecule has 1 aromatic carbocycles. The summed E-state index contributed by atoms with van der Waals surface area (Å²) in [5, 5.41) is 0. The quantitative estimate of drug-likeness (QED) is 0.788. The van der Waals surface area contributed by atoms with E-state index in [4.69, 9.17) is 11.3 Å². The predicted molar refractivity (Wildman–Crippen MR) is 71.2 cm³/mol. The summed E-state index contributed by atoms with van der Waals surface area (Å²) in [5.41, 5.74) is 0.293. The van der Waals surface area contributed by atoms with E-state index < -0.39 is 35.7 Å². The molecule has 6 heteroatoms. The molecule has 0 bridgehead atoms. The largest absolute Gasteiger partial charge is 0.441 e. The van der Waals surface area contributed by atoms with Gasteiger partial charge in [0.1, 0.15) is 5.76 Å². The van der Waals surface area contributed by atoms with Crippen molar-refractivity contribution in [3.05, 3.63) is 41.8 Å². The first-order chi connectivity index (χ1) is 10.9. The highest BCUT2D eigenvalue weighted by Crippen LogP contribution is 2.21. The lowest BCUT2D eigenvalue weighted by molar-refractivity contribution is 0.324. The van der Waals surface area contributed by atoms with Crippen LogP contribution in [-0.4, -0.2) is 26.2 Å². The van der Waals surface area contributed by atoms with Gasteiger partial charge in [0.15, 0.2) is 0 Å². The zero-order valence-electron chi connectivity index (χ0n) is 15.1. The number of hydrogen-bond acceptors (Lipinski definition) is 5. The van der Waals surface area contributed by atoms with Crippen molar-refractivity contribution in [3.63, 3.8) is 0 Å². The maximum Gasteiger partial charge on any atom is 0.264 e. The second kappa shape index (κ2) is 5.54. The molecule has 0 atom stereocenters. The molecule has 0 spiro atoms. The van der Waals surface area contributed by atoms with Crippen molar-refractivity contribution in [3.8, 4) is 11.5 Å². The minimum absolute atomic E-state index is 0.00637. The minimum Gasteiger partial charge on any atom is -0.441 e. The Balaban J connectivity index is 2.43. The third-order valence-corrected chi connectivity index (χ3v) is 2.59. The van der Waals surface area contributed by atoms with E-state index in [-0.39, 0.29) is 11.6 Å². The fraction of sp³-hybridized carbons (Fsp3) is 0.308. The van der Waals surface area contributed by atoms with Gasteiger partial charge in [-0.1, -0.05) is 18.2 Å². The van der Waals surface area contributed by atoms with Gasteiger partial charge in [-0.15, -0.1) is 0 Å². The van der Waals surface area contributed by atoms with Crippen LogP contribution in [-0.2, 0) is 20.7 Å². The Bertz CT molecular complexity index is 815. The molecular weight excluding hydrogens is 266 g/mol. The molecular formula is C13H15NO4S. The number of aryl methyl sites for hydroxylation is 2. The number of benzene rings is 1. The molecule has 19 heavy (non-hydrogen) atoms. The average Bonchev–Trinajstić information content (AvgIpc) is 2.79. The summed E-state index contributed by atoms with van der Waals surface area (Å²) in [4.78, 5) is 4.02. The van der Waals surface area contributed by atoms with Gasteiger partial charge in [-0.2, -0.15) is 8.42 Å². The molecule has 0 fully saturated rings. The molecule has 0 amide bonds. The first-order valence-electron chi connectivity index (χ1n) is 7.84. The van der Waals surface area contributed by atoms with Gasteiger partial charge >= 0.3 is 0 Å². The fourth-order valence-electron chi connectivity index (χ4n) is 1.38. The van der Waals surface area contributed by atoms with Crippen molar-refractivity contribution in [1.29, 1.82) is 0 Å². The van der Waals surface area contributed by atoms with E-state index in [1.807, 2.05) is 0 Å². The Labute approximate surface area is 119 Å². The molecule has 0 N–H and O–H groups in total. The maximum absolute atomic E-state index is 11.1. The molecule has 0 aliphatic rings. The number of aromatic nitrogens is 1. The molecule has 102 valence electrons. The van der Waals surface area contributed by atoms with Crippen molar-refractivity contribution in [2.75, 3.05) is 12.8 Å². The van der Waals surface area contributed by atoms with Crippen LogP contribution in [0.1, 0.15) is 18.3 Å². The molecule has 0 aliphatic heterocycles. The molecule has 1 heterocycles. The van der Waals surface area contributed by atoms with E-state index in [9.17, 15) is 8.42 Å². The third-order valence-electron chi connectivity index (χ3n) is 2.17. The lowest BCUT2D eigenvalue weighted by Crippen LogP contribution is -2.06. The van der Waals surface area contributed by atoms with Crippen LogP contribution < -0.4 is 0 Å². The topological polar surface area (TPSA) is 69.4 Å². The number of hydrogen-bond donors (Lipinski definition) is 0. The van der Waals surface area contributed by atoms with Gasteiger partial charge in [-0.25, -0.2) is 4.98 Å². The van der Waals surface area contributed by atoms with Crippen molar-refractivity contribution < 1.29 is 23.9 Å². The Kier molecular flexibility index (Phi) is 2.48. The molecule has 0 radical (unpaired) electrons. The van der Waals surface area contributed by atoms with Crippen LogP contribution in [0.15, 0.2) is 34.7 Å². The summed E-state index contributed by atoms with van der Waals surface area (Å²) in [7, 11) is -4.07. The first kappa shape index (κ1) is 8.50. The van der Waals surface area contributed by atoms with Crippen molar-refractivity contribution in [2.45, 2.75) is 13.3 Å². The minimum atomic E-state index is -4.07. The van der Waals surface area contributed by atoms with E-state index in [1.54, 1.807) is 30.3 Å². The second-order valence-corrected chi connectivity index (χ2v) is 5.34. The van der Waals surface area contributed by atoms with Crippen molar-refractivity contribution in [2.24, 2.45) is 0 Å². The van der Waals surface area contributed by atoms with E-state index >= 15 is 0 Å². The van der Waals surface area contributed by atoms with Gasteiger partial charge in [0.25, 0.3) is 10.1 Å². The van der Waals surface area contributed by atoms with Crippen LogP contribution in [0.2, 0.25) is 0 Å². The molecule has 0 unspecified atom stereocenters. The van der Waals surface area contributed by atoms with Crippen molar-refractivity contribution >= 4 is 10.1 Å². The first-order valence-corrected chi connectivity index (χ1v) is 7.15. The van der Waals surface area contributed by atoms with Gasteiger partial charge in [-0.3, -0.25) is 4.18 Å². The third kappa shape index (κ3) is 3.90. The number of oxazole rings is 1. The highest BCUT2D eigenvalue weighted by molar-refractivity contribution is 7.85. The summed E-state index contributed by atoms with van der Waals surface area (Å²) in [5.74, 6) is -0.491. The molecule has 1 aromatic heterocycles. The van der Waals surface area contributed by atoms with Gasteiger partial charge in [0.2, 0.25) is 5.89 Å². The average molecular weight is 286 g/mol. The monoisotopic (exact) mass is 286 g/mol. The zero-order chi connectivity index (χ0) is 18.2. The highest BCUT2D eigenvalue weighted by atomic mass is 32.2. The van der Waals surface area contributed by atoms with E-state index in [0.29, 0.717) is 11.8 Å². The van der Waals surface area contributed by atoms with E-state index in [1.165, 1.54) is 0 Å². The molecule has 0 saturated carbocycles. The molecule has 0 aliphatic carbocycles.